The van der Waals surface area contributed by atoms with E-state index in [4.69, 9.17) is 24.4 Å². The largest absolute Gasteiger partial charge is 0.481 e. The number of carboxylic acids is 1. The summed E-state index contributed by atoms with van der Waals surface area (Å²) in [6, 6.07) is 3.44. The van der Waals surface area contributed by atoms with Gasteiger partial charge in [-0.2, -0.15) is 0 Å². The Bertz CT molecular complexity index is 642. The third kappa shape index (κ3) is 6.92. The molecule has 1 aliphatic rings. The van der Waals surface area contributed by atoms with Crippen LogP contribution in [0.2, 0.25) is 0 Å². The van der Waals surface area contributed by atoms with Gasteiger partial charge in [0, 0.05) is 13.0 Å². The summed E-state index contributed by atoms with van der Waals surface area (Å²) >= 11 is 1.29. The number of aliphatic carboxylic acids is 1. The molecule has 0 aliphatic carbocycles. The van der Waals surface area contributed by atoms with Crippen LogP contribution in [0.15, 0.2) is 22.7 Å². The maximum atomic E-state index is 12.6. The number of ether oxygens (including phenoxy) is 1. The third-order valence-corrected chi connectivity index (χ3v) is 4.39. The minimum Gasteiger partial charge on any atom is -0.481 e. The van der Waals surface area contributed by atoms with Crippen molar-refractivity contribution in [3.63, 3.8) is 0 Å². The number of aliphatic hydroxyl groups is 1. The number of carbonyl (C=O) groups excluding carboxylic acids is 1. The van der Waals surface area contributed by atoms with Crippen molar-refractivity contribution in [2.75, 3.05) is 26.4 Å². The van der Waals surface area contributed by atoms with Crippen molar-refractivity contribution >= 4 is 36.0 Å². The first kappa shape index (κ1) is 21.3. The van der Waals surface area contributed by atoms with E-state index in [0.717, 1.165) is 0 Å². The Morgan fingerprint density at radius 2 is 2.26 bits per heavy atom. The van der Waals surface area contributed by atoms with Crippen LogP contribution in [0, 0.1) is 0 Å². The van der Waals surface area contributed by atoms with E-state index in [1.807, 2.05) is 0 Å². The van der Waals surface area contributed by atoms with Gasteiger partial charge < -0.3 is 34.8 Å². The Balaban J connectivity index is 2.02. The molecule has 10 nitrogen and oxygen atoms in total. The van der Waals surface area contributed by atoms with Crippen molar-refractivity contribution in [1.29, 1.82) is 0 Å². The Morgan fingerprint density at radius 3 is 2.93 bits per heavy atom. The van der Waals surface area contributed by atoms with Crippen LogP contribution in [0.5, 0.6) is 0 Å². The fourth-order valence-electron chi connectivity index (χ4n) is 2.24. The quantitative estimate of drug-likeness (QED) is 0.183. The van der Waals surface area contributed by atoms with Crippen LogP contribution < -0.4 is 5.32 Å². The number of nitrogens with one attached hydrogen (secondary N) is 1. The van der Waals surface area contributed by atoms with Gasteiger partial charge in [0.1, 0.15) is 6.61 Å². The Hall–Kier alpha value is -1.99. The number of hydrogen-bond acceptors (Lipinski definition) is 9. The molecule has 2 rings (SSSR count). The molecule has 1 saturated heterocycles. The number of amides is 1. The third-order valence-electron chi connectivity index (χ3n) is 3.52. The summed E-state index contributed by atoms with van der Waals surface area (Å²) in [5.41, 5.74) is 0.0153. The lowest BCUT2D eigenvalue weighted by atomic mass is 9.79. The van der Waals surface area contributed by atoms with Crippen LogP contribution in [-0.2, 0) is 23.8 Å². The molecule has 148 valence electrons. The molecule has 1 aliphatic heterocycles. The lowest BCUT2D eigenvalue weighted by Crippen LogP contribution is -2.52. The number of oxime groups is 1. The van der Waals surface area contributed by atoms with Gasteiger partial charge >= 0.3 is 13.1 Å². The lowest BCUT2D eigenvalue weighted by molar-refractivity contribution is -0.139. The number of thiophene rings is 1. The van der Waals surface area contributed by atoms with E-state index < -0.39 is 31.0 Å². The first-order chi connectivity index (χ1) is 13.0. The molecule has 0 bridgehead atoms. The van der Waals surface area contributed by atoms with Gasteiger partial charge in [0.05, 0.1) is 36.6 Å². The van der Waals surface area contributed by atoms with Crippen LogP contribution in [0.1, 0.15) is 17.7 Å². The maximum absolute atomic E-state index is 12.6. The summed E-state index contributed by atoms with van der Waals surface area (Å²) in [6.07, 6.45) is -0.763. The molecule has 12 heteroatoms. The van der Waals surface area contributed by atoms with Crippen LogP contribution >= 0.6 is 11.3 Å². The summed E-state index contributed by atoms with van der Waals surface area (Å²) in [5, 5.41) is 35.9. The number of nitrogens with zero attached hydrogens (tertiary/aromatic N) is 1. The molecule has 0 radical (unpaired) electrons. The minimum atomic E-state index is -1.43. The van der Waals surface area contributed by atoms with E-state index in [9.17, 15) is 14.6 Å². The highest BCUT2D eigenvalue weighted by Gasteiger charge is 2.36. The van der Waals surface area contributed by atoms with E-state index in [-0.39, 0.29) is 38.6 Å². The first-order valence-corrected chi connectivity index (χ1v) is 9.18. The Labute approximate surface area is 159 Å². The first-order valence-electron chi connectivity index (χ1n) is 8.30. The maximum Gasteiger partial charge on any atom is 0.480 e. The summed E-state index contributed by atoms with van der Waals surface area (Å²) in [6.45, 7) is 0.0301. The topological polar surface area (TPSA) is 147 Å². The molecule has 0 saturated carbocycles. The number of carbonyl (C=O) groups is 2. The molecule has 27 heavy (non-hydrogen) atoms. The standard InChI is InChI=1S/C15H21BN2O8S/c19-4-2-5-25-18-14(11-3-1-6-27-11)15(22)17-12-9-24-8-10(7-13(20)21)26-16(12)23/h1,3,6,10,12,19,23H,2,4-5,7-9H2,(H,17,22)(H,20,21). The highest BCUT2D eigenvalue weighted by atomic mass is 32.1. The van der Waals surface area contributed by atoms with Crippen molar-refractivity contribution in [3.05, 3.63) is 22.4 Å². The van der Waals surface area contributed by atoms with Gasteiger partial charge in [-0.25, -0.2) is 0 Å². The van der Waals surface area contributed by atoms with Gasteiger partial charge in [-0.15, -0.1) is 11.3 Å². The number of carboxylic acid groups (broad SMARTS) is 1. The van der Waals surface area contributed by atoms with Gasteiger partial charge in [0.2, 0.25) is 0 Å². The van der Waals surface area contributed by atoms with E-state index in [0.29, 0.717) is 11.3 Å². The monoisotopic (exact) mass is 400 g/mol. The van der Waals surface area contributed by atoms with Gasteiger partial charge in [-0.05, 0) is 11.4 Å². The second-order valence-electron chi connectivity index (χ2n) is 5.69. The summed E-state index contributed by atoms with van der Waals surface area (Å²) in [5.74, 6) is -2.58. The average molecular weight is 400 g/mol. The molecule has 0 spiro atoms. The molecule has 2 heterocycles. The van der Waals surface area contributed by atoms with Crippen molar-refractivity contribution < 1.29 is 39.1 Å². The average Bonchev–Trinajstić information content (AvgIpc) is 3.08. The molecule has 4 N–H and O–H groups in total. The molecule has 2 atom stereocenters. The van der Waals surface area contributed by atoms with Crippen LogP contribution in [0.4, 0.5) is 0 Å². The fourth-order valence-corrected chi connectivity index (χ4v) is 2.94. The smallest absolute Gasteiger partial charge is 0.480 e. The molecule has 1 aromatic rings. The molecular weight excluding hydrogens is 379 g/mol. The van der Waals surface area contributed by atoms with Crippen LogP contribution in [0.25, 0.3) is 0 Å². The summed E-state index contributed by atoms with van der Waals surface area (Å²) in [7, 11) is -1.43. The Kier molecular flexibility index (Phi) is 8.68. The van der Waals surface area contributed by atoms with E-state index in [2.05, 4.69) is 10.5 Å². The highest BCUT2D eigenvalue weighted by molar-refractivity contribution is 7.13. The molecule has 0 aromatic carbocycles. The zero-order valence-corrected chi connectivity index (χ0v) is 15.3. The number of aliphatic hydroxyl groups excluding tert-OH is 1. The summed E-state index contributed by atoms with van der Waals surface area (Å²) < 4.78 is 10.6. The van der Waals surface area contributed by atoms with Gasteiger partial charge in [-0.3, -0.25) is 9.59 Å². The van der Waals surface area contributed by atoms with Crippen LogP contribution in [-0.4, -0.2) is 78.4 Å². The molecule has 1 aromatic heterocycles. The van der Waals surface area contributed by atoms with E-state index in [1.165, 1.54) is 11.3 Å². The number of hydrogen-bond donors (Lipinski definition) is 4. The van der Waals surface area contributed by atoms with Crippen molar-refractivity contribution in [2.45, 2.75) is 24.9 Å². The normalized spacial score (nSPS) is 20.8. The molecule has 1 amide bonds. The predicted molar refractivity (Wildman–Crippen MR) is 96.4 cm³/mol. The SMILES string of the molecule is O=C(O)CC1COCC(NC(=O)C(=NOCCCO)c2cccs2)B(O)O1. The number of rotatable bonds is 9. The van der Waals surface area contributed by atoms with Gasteiger partial charge in [0.25, 0.3) is 5.91 Å². The van der Waals surface area contributed by atoms with Gasteiger partial charge in [0.15, 0.2) is 5.71 Å². The fraction of sp³-hybridized carbons (Fsp3) is 0.533. The van der Waals surface area contributed by atoms with Crippen LogP contribution in [0.3, 0.4) is 0 Å². The highest BCUT2D eigenvalue weighted by Crippen LogP contribution is 2.13. The second kappa shape index (κ2) is 11.0. The molecule has 2 unspecified atom stereocenters. The lowest BCUT2D eigenvalue weighted by Gasteiger charge is -2.19. The molecular formula is C15H21BN2O8S. The second-order valence-corrected chi connectivity index (χ2v) is 6.64. The van der Waals surface area contributed by atoms with Gasteiger partial charge in [-0.1, -0.05) is 11.2 Å². The zero-order chi connectivity index (χ0) is 19.6. The van der Waals surface area contributed by atoms with E-state index >= 15 is 0 Å². The predicted octanol–water partition coefficient (Wildman–Crippen LogP) is -0.754. The van der Waals surface area contributed by atoms with Crippen molar-refractivity contribution in [2.24, 2.45) is 5.16 Å². The molecule has 1 fully saturated rings. The Morgan fingerprint density at radius 1 is 1.44 bits per heavy atom. The van der Waals surface area contributed by atoms with Crippen molar-refractivity contribution in [3.8, 4) is 0 Å². The summed E-state index contributed by atoms with van der Waals surface area (Å²) in [4.78, 5) is 29.0. The van der Waals surface area contributed by atoms with Crippen molar-refractivity contribution in [1.82, 2.24) is 5.32 Å². The zero-order valence-electron chi connectivity index (χ0n) is 14.4. The van der Waals surface area contributed by atoms with E-state index in [1.54, 1.807) is 17.5 Å². The minimum absolute atomic E-state index is 0.00806.